The van der Waals surface area contributed by atoms with E-state index in [0.717, 1.165) is 6.54 Å². The molecule has 3 heteroatoms. The summed E-state index contributed by atoms with van der Waals surface area (Å²) in [6, 6.07) is 0.586. The second kappa shape index (κ2) is 6.68. The van der Waals surface area contributed by atoms with Crippen LogP contribution >= 0.6 is 11.8 Å². The zero-order valence-electron chi connectivity index (χ0n) is 8.46. The van der Waals surface area contributed by atoms with Gasteiger partial charge in [-0.15, -0.1) is 0 Å². The lowest BCUT2D eigenvalue weighted by Gasteiger charge is -2.18. The molecule has 0 spiro atoms. The second-order valence-electron chi connectivity index (χ2n) is 3.63. The minimum atomic E-state index is 0.360. The molecule has 1 saturated carbocycles. The van der Waals surface area contributed by atoms with Crippen LogP contribution in [0, 0.1) is 5.92 Å². The van der Waals surface area contributed by atoms with E-state index in [1.807, 2.05) is 11.8 Å². The molecule has 0 bridgehead atoms. The molecule has 1 rings (SSSR count). The Bertz CT molecular complexity index is 132. The van der Waals surface area contributed by atoms with Crippen molar-refractivity contribution in [2.45, 2.75) is 32.2 Å². The Hall–Kier alpha value is 0.270. The minimum absolute atomic E-state index is 0.360. The number of aliphatic hydroxyl groups is 1. The molecule has 2 atom stereocenters. The summed E-state index contributed by atoms with van der Waals surface area (Å²) in [5, 5.41) is 12.6. The molecule has 2 unspecified atom stereocenters. The smallest absolute Gasteiger partial charge is 0.0474 e. The van der Waals surface area contributed by atoms with Crippen molar-refractivity contribution in [3.8, 4) is 0 Å². The van der Waals surface area contributed by atoms with Crippen LogP contribution in [-0.4, -0.2) is 35.8 Å². The maximum absolute atomic E-state index is 9.09. The van der Waals surface area contributed by atoms with E-state index in [9.17, 15) is 0 Å². The van der Waals surface area contributed by atoms with Crippen molar-refractivity contribution < 1.29 is 5.11 Å². The number of hydrogen-bond donors (Lipinski definition) is 2. The maximum Gasteiger partial charge on any atom is 0.0474 e. The molecule has 0 aromatic rings. The first-order valence-electron chi connectivity index (χ1n) is 5.30. The van der Waals surface area contributed by atoms with Gasteiger partial charge in [0.05, 0.1) is 0 Å². The van der Waals surface area contributed by atoms with Crippen LogP contribution < -0.4 is 5.32 Å². The van der Waals surface area contributed by atoms with E-state index in [1.54, 1.807) is 0 Å². The topological polar surface area (TPSA) is 32.3 Å². The van der Waals surface area contributed by atoms with E-state index in [4.69, 9.17) is 5.11 Å². The summed E-state index contributed by atoms with van der Waals surface area (Å²) in [4.78, 5) is 0. The number of thioether (sulfide) groups is 1. The van der Waals surface area contributed by atoms with Gasteiger partial charge >= 0.3 is 0 Å². The molecular formula is C10H21NOS. The van der Waals surface area contributed by atoms with Crippen LogP contribution in [0.2, 0.25) is 0 Å². The van der Waals surface area contributed by atoms with Gasteiger partial charge in [0.25, 0.3) is 0 Å². The fourth-order valence-corrected chi connectivity index (χ4v) is 2.54. The van der Waals surface area contributed by atoms with Gasteiger partial charge in [-0.2, -0.15) is 11.8 Å². The summed E-state index contributed by atoms with van der Waals surface area (Å²) >= 11 is 1.98. The van der Waals surface area contributed by atoms with E-state index in [2.05, 4.69) is 12.2 Å². The lowest BCUT2D eigenvalue weighted by Crippen LogP contribution is -2.35. The molecule has 0 aliphatic heterocycles. The van der Waals surface area contributed by atoms with Gasteiger partial charge in [0.15, 0.2) is 0 Å². The first kappa shape index (κ1) is 11.3. The predicted octanol–water partition coefficient (Wildman–Crippen LogP) is 1.49. The second-order valence-corrected chi connectivity index (χ2v) is 5.02. The van der Waals surface area contributed by atoms with Crippen LogP contribution in [0.15, 0.2) is 0 Å². The van der Waals surface area contributed by atoms with Gasteiger partial charge in [0, 0.05) is 24.9 Å². The quantitative estimate of drug-likeness (QED) is 0.642. The average molecular weight is 203 g/mol. The number of aliphatic hydroxyl groups excluding tert-OH is 1. The van der Waals surface area contributed by atoms with E-state index in [0.29, 0.717) is 18.6 Å². The Morgan fingerprint density at radius 3 is 3.00 bits per heavy atom. The Labute approximate surface area is 85.5 Å². The molecule has 2 nitrogen and oxygen atoms in total. The third-order valence-electron chi connectivity index (χ3n) is 2.75. The van der Waals surface area contributed by atoms with Crippen LogP contribution in [0.1, 0.15) is 26.2 Å². The fraction of sp³-hybridized carbons (Fsp3) is 1.00. The monoisotopic (exact) mass is 203 g/mol. The van der Waals surface area contributed by atoms with Crippen LogP contribution in [0.4, 0.5) is 0 Å². The molecule has 0 radical (unpaired) electrons. The SMILES string of the molecule is CCSCCNC1CCCC1CO. The highest BCUT2D eigenvalue weighted by atomic mass is 32.2. The number of rotatable bonds is 6. The van der Waals surface area contributed by atoms with Gasteiger partial charge in [-0.05, 0) is 24.5 Å². The summed E-state index contributed by atoms with van der Waals surface area (Å²) < 4.78 is 0. The van der Waals surface area contributed by atoms with Gasteiger partial charge < -0.3 is 10.4 Å². The molecule has 0 aromatic heterocycles. The highest BCUT2D eigenvalue weighted by Gasteiger charge is 2.25. The van der Waals surface area contributed by atoms with Crippen LogP contribution in [0.25, 0.3) is 0 Å². The van der Waals surface area contributed by atoms with Gasteiger partial charge in [-0.25, -0.2) is 0 Å². The summed E-state index contributed by atoms with van der Waals surface area (Å²) in [5.41, 5.74) is 0. The Morgan fingerprint density at radius 1 is 1.46 bits per heavy atom. The summed E-state index contributed by atoms with van der Waals surface area (Å²) in [5.74, 6) is 2.92. The molecule has 13 heavy (non-hydrogen) atoms. The molecule has 1 fully saturated rings. The Kier molecular flexibility index (Phi) is 5.83. The zero-order chi connectivity index (χ0) is 9.52. The van der Waals surface area contributed by atoms with Gasteiger partial charge in [0.1, 0.15) is 0 Å². The van der Waals surface area contributed by atoms with Gasteiger partial charge in [-0.3, -0.25) is 0 Å². The van der Waals surface area contributed by atoms with Crippen molar-refractivity contribution >= 4 is 11.8 Å². The average Bonchev–Trinajstić information content (AvgIpc) is 2.60. The first-order valence-corrected chi connectivity index (χ1v) is 6.46. The fourth-order valence-electron chi connectivity index (χ4n) is 1.98. The van der Waals surface area contributed by atoms with Gasteiger partial charge in [-0.1, -0.05) is 13.3 Å². The van der Waals surface area contributed by atoms with Crippen molar-refractivity contribution in [2.75, 3.05) is 24.7 Å². The highest BCUT2D eigenvalue weighted by Crippen LogP contribution is 2.24. The maximum atomic E-state index is 9.09. The Morgan fingerprint density at radius 2 is 2.31 bits per heavy atom. The molecule has 78 valence electrons. The third-order valence-corrected chi connectivity index (χ3v) is 3.65. The van der Waals surface area contributed by atoms with Crippen molar-refractivity contribution in [1.82, 2.24) is 5.32 Å². The van der Waals surface area contributed by atoms with E-state index < -0.39 is 0 Å². The molecule has 0 saturated heterocycles. The van der Waals surface area contributed by atoms with Gasteiger partial charge in [0.2, 0.25) is 0 Å². The predicted molar refractivity (Wildman–Crippen MR) is 59.2 cm³/mol. The van der Waals surface area contributed by atoms with Crippen molar-refractivity contribution in [1.29, 1.82) is 0 Å². The van der Waals surface area contributed by atoms with E-state index in [-0.39, 0.29) is 0 Å². The first-order chi connectivity index (χ1) is 6.38. The van der Waals surface area contributed by atoms with Crippen LogP contribution in [0.5, 0.6) is 0 Å². The minimum Gasteiger partial charge on any atom is -0.396 e. The molecule has 0 amide bonds. The number of hydrogen-bond acceptors (Lipinski definition) is 3. The molecule has 2 N–H and O–H groups in total. The number of nitrogens with one attached hydrogen (secondary N) is 1. The molecule has 0 heterocycles. The normalized spacial score (nSPS) is 28.2. The largest absolute Gasteiger partial charge is 0.396 e. The summed E-state index contributed by atoms with van der Waals surface area (Å²) in [6.07, 6.45) is 3.74. The summed E-state index contributed by atoms with van der Waals surface area (Å²) in [7, 11) is 0. The molecule has 1 aliphatic rings. The van der Waals surface area contributed by atoms with Crippen LogP contribution in [-0.2, 0) is 0 Å². The molecule has 1 aliphatic carbocycles. The summed E-state index contributed by atoms with van der Waals surface area (Å²) in [6.45, 7) is 3.65. The van der Waals surface area contributed by atoms with E-state index in [1.165, 1.54) is 30.8 Å². The lowest BCUT2D eigenvalue weighted by molar-refractivity contribution is 0.206. The van der Waals surface area contributed by atoms with E-state index >= 15 is 0 Å². The standard InChI is InChI=1S/C10H21NOS/c1-2-13-7-6-11-10-5-3-4-9(10)8-12/h9-12H,2-8H2,1H3. The highest BCUT2D eigenvalue weighted by molar-refractivity contribution is 7.99. The lowest BCUT2D eigenvalue weighted by atomic mass is 10.1. The van der Waals surface area contributed by atoms with Crippen molar-refractivity contribution in [3.63, 3.8) is 0 Å². The molecule has 0 aromatic carbocycles. The van der Waals surface area contributed by atoms with Crippen molar-refractivity contribution in [2.24, 2.45) is 5.92 Å². The Balaban J connectivity index is 2.06. The van der Waals surface area contributed by atoms with Crippen molar-refractivity contribution in [3.05, 3.63) is 0 Å². The van der Waals surface area contributed by atoms with Crippen LogP contribution in [0.3, 0.4) is 0 Å². The molecular weight excluding hydrogens is 182 g/mol. The third kappa shape index (κ3) is 3.88. The zero-order valence-corrected chi connectivity index (χ0v) is 9.28.